The molecule has 0 spiro atoms. The molecule has 10 nitrogen and oxygen atoms in total. The summed E-state index contributed by atoms with van der Waals surface area (Å²) >= 11 is 0. The topological polar surface area (TPSA) is 185 Å². The Morgan fingerprint density at radius 3 is 1.68 bits per heavy atom. The lowest BCUT2D eigenvalue weighted by atomic mass is 9.88. The van der Waals surface area contributed by atoms with Crippen LogP contribution in [0.1, 0.15) is 35.1 Å². The Balaban J connectivity index is 0.000000204. The number of amidine groups is 2. The first-order valence-electron chi connectivity index (χ1n) is 15.8. The highest BCUT2D eigenvalue weighted by atomic mass is 19.4. The minimum absolute atomic E-state index is 0.0140. The van der Waals surface area contributed by atoms with Crippen molar-refractivity contribution in [2.75, 3.05) is 18.0 Å². The monoisotopic (exact) mass is 730 g/mol. The summed E-state index contributed by atoms with van der Waals surface area (Å²) in [5.74, 6) is -2.23. The predicted octanol–water partition coefficient (Wildman–Crippen LogP) is 7.74. The van der Waals surface area contributed by atoms with E-state index in [0.717, 1.165) is 43.2 Å². The molecular weight excluding hydrogens is 699 g/mol. The van der Waals surface area contributed by atoms with Gasteiger partial charge in [-0.05, 0) is 95.8 Å². The molecule has 1 heterocycles. The number of phenolic OH excluding ortho intramolecular Hbond substituents is 2. The van der Waals surface area contributed by atoms with E-state index in [2.05, 4.69) is 10.3 Å². The van der Waals surface area contributed by atoms with Crippen molar-refractivity contribution in [3.05, 3.63) is 125 Å². The first-order valence-corrected chi connectivity index (χ1v) is 15.8. The second-order valence-corrected chi connectivity index (χ2v) is 11.9. The van der Waals surface area contributed by atoms with Crippen LogP contribution in [0.3, 0.4) is 0 Å². The first-order chi connectivity index (χ1) is 25.2. The normalized spacial score (nSPS) is 13.3. The summed E-state index contributed by atoms with van der Waals surface area (Å²) in [6.07, 6.45) is -2.77. The molecule has 1 aliphatic heterocycles. The van der Waals surface area contributed by atoms with Gasteiger partial charge in [0.05, 0.1) is 22.9 Å². The van der Waals surface area contributed by atoms with E-state index in [1.165, 1.54) is 36.4 Å². The van der Waals surface area contributed by atoms with Crippen LogP contribution in [0.4, 0.5) is 27.6 Å². The standard InChI is InChI=1S/C20H13F2N3O2.C18H18F3N3O2/c21-14-7-13(8-15(22)9-14)19-17(12-1-3-16(26)4-2-12)5-11(10-23)6-18(19)20(24)25-27;19-18(20,21)12-9-14(11-3-5-13(25)6-4-11)16(24-7-1-2-8-24)15(10-12)17(22)23-26/h1-9,26-27H,(H2,24,25);3-6,9-10,25-26H,1-2,7-8H2,(H2,22,23). The van der Waals surface area contributed by atoms with Gasteiger partial charge < -0.3 is 37.0 Å². The predicted molar refractivity (Wildman–Crippen MR) is 189 cm³/mol. The summed E-state index contributed by atoms with van der Waals surface area (Å²) < 4.78 is 67.9. The largest absolute Gasteiger partial charge is 0.508 e. The summed E-state index contributed by atoms with van der Waals surface area (Å²) in [6.45, 7) is 1.34. The van der Waals surface area contributed by atoms with E-state index in [1.807, 2.05) is 11.0 Å². The Morgan fingerprint density at radius 2 is 1.19 bits per heavy atom. The average molecular weight is 731 g/mol. The lowest BCUT2D eigenvalue weighted by Gasteiger charge is -2.26. The lowest BCUT2D eigenvalue weighted by molar-refractivity contribution is -0.137. The highest BCUT2D eigenvalue weighted by Crippen LogP contribution is 2.42. The fraction of sp³-hybridized carbons (Fsp3) is 0.132. The number of rotatable bonds is 6. The first kappa shape index (κ1) is 37.4. The smallest absolute Gasteiger partial charge is 0.416 e. The number of anilines is 1. The van der Waals surface area contributed by atoms with E-state index in [0.29, 0.717) is 41.0 Å². The number of nitrogens with two attached hydrogens (primary N) is 2. The summed E-state index contributed by atoms with van der Waals surface area (Å²) in [5, 5.41) is 52.4. The van der Waals surface area contributed by atoms with Crippen LogP contribution in [0.25, 0.3) is 33.4 Å². The number of nitrogens with zero attached hydrogens (tertiary/aromatic N) is 4. The van der Waals surface area contributed by atoms with Crippen LogP contribution in [0, 0.1) is 23.0 Å². The molecular formula is C38H31F5N6O4. The Morgan fingerprint density at radius 1 is 0.679 bits per heavy atom. The van der Waals surface area contributed by atoms with Crippen LogP contribution < -0.4 is 16.4 Å². The van der Waals surface area contributed by atoms with E-state index < -0.39 is 23.4 Å². The van der Waals surface area contributed by atoms with Gasteiger partial charge in [0.25, 0.3) is 0 Å². The molecule has 0 amide bonds. The van der Waals surface area contributed by atoms with Crippen molar-refractivity contribution in [3.8, 4) is 50.9 Å². The van der Waals surface area contributed by atoms with Gasteiger partial charge in [-0.1, -0.05) is 34.6 Å². The maximum absolute atomic E-state index is 13.8. The molecule has 15 heteroatoms. The van der Waals surface area contributed by atoms with Crippen LogP contribution in [0.5, 0.6) is 11.5 Å². The number of phenols is 2. The molecule has 0 atom stereocenters. The maximum atomic E-state index is 13.8. The van der Waals surface area contributed by atoms with E-state index in [9.17, 15) is 37.4 Å². The van der Waals surface area contributed by atoms with E-state index in [-0.39, 0.29) is 51.0 Å². The number of halogens is 5. The summed E-state index contributed by atoms with van der Waals surface area (Å²) in [5.41, 5.74) is 13.7. The molecule has 1 saturated heterocycles. The average Bonchev–Trinajstić information content (AvgIpc) is 3.68. The minimum Gasteiger partial charge on any atom is -0.508 e. The van der Waals surface area contributed by atoms with Gasteiger partial charge >= 0.3 is 6.18 Å². The molecule has 0 bridgehead atoms. The van der Waals surface area contributed by atoms with Crippen LogP contribution in [-0.2, 0) is 6.18 Å². The summed E-state index contributed by atoms with van der Waals surface area (Å²) in [7, 11) is 0. The molecule has 0 radical (unpaired) electrons. The van der Waals surface area contributed by atoms with Gasteiger partial charge in [-0.25, -0.2) is 8.78 Å². The third kappa shape index (κ3) is 8.39. The number of aromatic hydroxyl groups is 2. The highest BCUT2D eigenvalue weighted by molar-refractivity contribution is 6.07. The number of nitriles is 1. The number of oxime groups is 2. The number of hydrogen-bond donors (Lipinski definition) is 6. The molecule has 1 fully saturated rings. The van der Waals surface area contributed by atoms with Crippen molar-refractivity contribution in [2.24, 2.45) is 21.8 Å². The fourth-order valence-electron chi connectivity index (χ4n) is 6.03. The zero-order valence-electron chi connectivity index (χ0n) is 27.6. The van der Waals surface area contributed by atoms with Gasteiger partial charge in [-0.2, -0.15) is 18.4 Å². The molecule has 53 heavy (non-hydrogen) atoms. The Hall–Kier alpha value is -6.82. The molecule has 6 rings (SSSR count). The molecule has 1 aliphatic rings. The zero-order valence-corrected chi connectivity index (χ0v) is 27.6. The third-order valence-corrected chi connectivity index (χ3v) is 8.40. The second-order valence-electron chi connectivity index (χ2n) is 11.9. The Kier molecular flexibility index (Phi) is 11.0. The Labute approximate surface area is 299 Å². The molecule has 272 valence electrons. The van der Waals surface area contributed by atoms with Crippen molar-refractivity contribution >= 4 is 17.4 Å². The number of benzene rings is 5. The van der Waals surface area contributed by atoms with E-state index in [1.54, 1.807) is 24.3 Å². The summed E-state index contributed by atoms with van der Waals surface area (Å²) in [4.78, 5) is 1.94. The molecule has 0 saturated carbocycles. The molecule has 0 aromatic heterocycles. The number of alkyl halides is 3. The van der Waals surface area contributed by atoms with E-state index >= 15 is 0 Å². The van der Waals surface area contributed by atoms with Crippen LogP contribution in [0.15, 0.2) is 101 Å². The van der Waals surface area contributed by atoms with Gasteiger partial charge in [0.15, 0.2) is 11.7 Å². The van der Waals surface area contributed by atoms with Crippen LogP contribution in [0.2, 0.25) is 0 Å². The SMILES string of the molecule is N#Cc1cc(C(N)=NO)c(-c2cc(F)cc(F)c2)c(-c2ccc(O)cc2)c1.NC(=NO)c1cc(C(F)(F)F)cc(-c2ccc(O)cc2)c1N1CCCC1. The van der Waals surface area contributed by atoms with Gasteiger partial charge in [0, 0.05) is 41.4 Å². The van der Waals surface area contributed by atoms with Gasteiger partial charge in [0.1, 0.15) is 23.1 Å². The number of hydrogen-bond acceptors (Lipinski definition) is 8. The fourth-order valence-corrected chi connectivity index (χ4v) is 6.03. The maximum Gasteiger partial charge on any atom is 0.416 e. The summed E-state index contributed by atoms with van der Waals surface area (Å²) in [6, 6.07) is 21.8. The quantitative estimate of drug-likeness (QED) is 0.0337. The van der Waals surface area contributed by atoms with Crippen molar-refractivity contribution in [1.29, 1.82) is 5.26 Å². The third-order valence-electron chi connectivity index (χ3n) is 8.40. The van der Waals surface area contributed by atoms with Crippen molar-refractivity contribution in [1.82, 2.24) is 0 Å². The molecule has 5 aromatic rings. The van der Waals surface area contributed by atoms with Gasteiger partial charge in [-0.3, -0.25) is 0 Å². The van der Waals surface area contributed by atoms with Gasteiger partial charge in [0.2, 0.25) is 0 Å². The molecule has 5 aromatic carbocycles. The van der Waals surface area contributed by atoms with Crippen LogP contribution >= 0.6 is 0 Å². The second kappa shape index (κ2) is 15.6. The lowest BCUT2D eigenvalue weighted by Crippen LogP contribution is -2.25. The molecule has 8 N–H and O–H groups in total. The highest BCUT2D eigenvalue weighted by Gasteiger charge is 2.34. The molecule has 0 aliphatic carbocycles. The zero-order chi connectivity index (χ0) is 38.4. The van der Waals surface area contributed by atoms with E-state index in [4.69, 9.17) is 21.9 Å². The van der Waals surface area contributed by atoms with Gasteiger partial charge in [-0.15, -0.1) is 0 Å². The Bertz CT molecular complexity index is 2210. The van der Waals surface area contributed by atoms with Crippen molar-refractivity contribution in [3.63, 3.8) is 0 Å². The van der Waals surface area contributed by atoms with Crippen molar-refractivity contribution < 1.29 is 42.6 Å². The van der Waals surface area contributed by atoms with Crippen molar-refractivity contribution in [2.45, 2.75) is 19.0 Å². The minimum atomic E-state index is -4.58. The van der Waals surface area contributed by atoms with Crippen LogP contribution in [-0.4, -0.2) is 45.4 Å². The molecule has 0 unspecified atom stereocenters.